The molecule has 3 aliphatic heterocycles. The van der Waals surface area contributed by atoms with Crippen LogP contribution in [-0.4, -0.2) is 12.3 Å². The van der Waals surface area contributed by atoms with Gasteiger partial charge in [-0.05, 0) is 137 Å². The Labute approximate surface area is 386 Å². The second-order valence-electron chi connectivity index (χ2n) is 19.6. The van der Waals surface area contributed by atoms with E-state index in [1.165, 1.54) is 97.8 Å². The second kappa shape index (κ2) is 13.8. The maximum Gasteiger partial charge on any atom is 0.252 e. The van der Waals surface area contributed by atoms with Crippen LogP contribution >= 0.6 is 0 Å². The molecule has 316 valence electrons. The second-order valence-corrected chi connectivity index (χ2v) is 19.6. The Morgan fingerprint density at radius 3 is 2.17 bits per heavy atom. The highest BCUT2D eigenvalue weighted by atomic mass is 16.3. The highest BCUT2D eigenvalue weighted by molar-refractivity contribution is 7.00. The van der Waals surface area contributed by atoms with Crippen LogP contribution in [0.2, 0.25) is 0 Å². The van der Waals surface area contributed by atoms with Crippen LogP contribution in [0.5, 0.6) is 0 Å². The van der Waals surface area contributed by atoms with E-state index >= 15 is 0 Å². The highest BCUT2D eigenvalue weighted by Gasteiger charge is 2.61. The monoisotopic (exact) mass is 849 g/mol. The molecule has 5 heteroatoms. The van der Waals surface area contributed by atoms with Gasteiger partial charge in [-0.2, -0.15) is 0 Å². The van der Waals surface area contributed by atoms with Crippen molar-refractivity contribution < 1.29 is 4.42 Å². The predicted octanol–water partition coefficient (Wildman–Crippen LogP) is 14.5. The molecule has 14 rings (SSSR count). The van der Waals surface area contributed by atoms with Crippen molar-refractivity contribution in [3.8, 4) is 11.1 Å². The van der Waals surface area contributed by atoms with Gasteiger partial charge in [-0.25, -0.2) is 0 Å². The van der Waals surface area contributed by atoms with Crippen molar-refractivity contribution in [3.63, 3.8) is 0 Å². The van der Waals surface area contributed by atoms with E-state index in [9.17, 15) is 0 Å². The third-order valence-corrected chi connectivity index (χ3v) is 16.2. The molecule has 9 aromatic carbocycles. The van der Waals surface area contributed by atoms with E-state index in [2.05, 4.69) is 224 Å². The van der Waals surface area contributed by atoms with Crippen LogP contribution < -0.4 is 31.1 Å². The van der Waals surface area contributed by atoms with Gasteiger partial charge in [-0.3, -0.25) is 0 Å². The Bertz CT molecular complexity index is 3630. The molecule has 2 unspecified atom stereocenters. The largest absolute Gasteiger partial charge is 0.454 e. The van der Waals surface area contributed by atoms with Crippen molar-refractivity contribution in [2.24, 2.45) is 0 Å². The fraction of sp³-hybridized carbons (Fsp3) is 0.148. The van der Waals surface area contributed by atoms with Gasteiger partial charge in [0.25, 0.3) is 6.71 Å². The van der Waals surface area contributed by atoms with Gasteiger partial charge in [0.05, 0.1) is 11.2 Å². The topological polar surface area (TPSA) is 22.9 Å². The van der Waals surface area contributed by atoms with Crippen LogP contribution in [0.3, 0.4) is 0 Å². The van der Waals surface area contributed by atoms with Gasteiger partial charge in [0, 0.05) is 56.0 Å². The minimum absolute atomic E-state index is 0.0146. The van der Waals surface area contributed by atoms with Crippen LogP contribution in [-0.2, 0) is 5.41 Å². The highest BCUT2D eigenvalue weighted by Crippen LogP contribution is 2.62. The average molecular weight is 850 g/mol. The van der Waals surface area contributed by atoms with Crippen molar-refractivity contribution in [1.82, 2.24) is 0 Å². The summed E-state index contributed by atoms with van der Waals surface area (Å²) in [5.41, 5.74) is 20.8. The summed E-state index contributed by atoms with van der Waals surface area (Å²) in [4.78, 5) is 7.78. The summed E-state index contributed by atoms with van der Waals surface area (Å²) in [7, 11) is 0. The van der Waals surface area contributed by atoms with Crippen LogP contribution in [0, 0.1) is 6.92 Å². The van der Waals surface area contributed by atoms with Crippen LogP contribution in [0.1, 0.15) is 50.7 Å². The molecular weight excluding hydrogens is 802 g/mol. The van der Waals surface area contributed by atoms with Gasteiger partial charge in [0.1, 0.15) is 5.58 Å². The van der Waals surface area contributed by atoms with Gasteiger partial charge < -0.3 is 19.1 Å². The van der Waals surface area contributed by atoms with Gasteiger partial charge in [-0.15, -0.1) is 0 Å². The first-order valence-corrected chi connectivity index (χ1v) is 23.8. The van der Waals surface area contributed by atoms with Crippen molar-refractivity contribution in [2.75, 3.05) is 14.7 Å². The molecule has 4 nitrogen and oxygen atoms in total. The summed E-state index contributed by atoms with van der Waals surface area (Å²) < 4.78 is 6.83. The van der Waals surface area contributed by atoms with Crippen LogP contribution in [0.15, 0.2) is 192 Å². The molecule has 0 spiro atoms. The van der Waals surface area contributed by atoms with E-state index in [0.29, 0.717) is 0 Å². The summed E-state index contributed by atoms with van der Waals surface area (Å²) in [6.45, 7) is 7.49. The maximum atomic E-state index is 6.83. The Morgan fingerprint density at radius 2 is 1.29 bits per heavy atom. The molecule has 0 amide bonds. The van der Waals surface area contributed by atoms with Gasteiger partial charge >= 0.3 is 0 Å². The number of benzene rings is 9. The van der Waals surface area contributed by atoms with E-state index in [1.807, 2.05) is 0 Å². The molecule has 4 heterocycles. The molecule has 1 fully saturated rings. The van der Waals surface area contributed by atoms with E-state index < -0.39 is 0 Å². The lowest BCUT2D eigenvalue weighted by molar-refractivity contribution is 0.195. The molecule has 0 saturated heterocycles. The zero-order chi connectivity index (χ0) is 43.9. The fourth-order valence-corrected chi connectivity index (χ4v) is 13.0. The smallest absolute Gasteiger partial charge is 0.252 e. The predicted molar refractivity (Wildman–Crippen MR) is 278 cm³/mol. The Kier molecular flexibility index (Phi) is 7.89. The first kappa shape index (κ1) is 37.8. The quantitative estimate of drug-likeness (QED) is 0.161. The number of furan rings is 1. The summed E-state index contributed by atoms with van der Waals surface area (Å²) in [5, 5.41) is 4.72. The zero-order valence-electron chi connectivity index (χ0n) is 37.6. The number of hydrogen-bond acceptors (Lipinski definition) is 4. The molecule has 10 aromatic rings. The molecule has 0 radical (unpaired) electrons. The molecule has 0 bridgehead atoms. The number of anilines is 8. The molecule has 0 N–H and O–H groups in total. The molecule has 1 saturated carbocycles. The van der Waals surface area contributed by atoms with E-state index in [1.54, 1.807) is 0 Å². The summed E-state index contributed by atoms with van der Waals surface area (Å²) >= 11 is 0. The van der Waals surface area contributed by atoms with Crippen molar-refractivity contribution >= 4 is 101 Å². The third-order valence-electron chi connectivity index (χ3n) is 16.2. The van der Waals surface area contributed by atoms with E-state index in [-0.39, 0.29) is 17.7 Å². The van der Waals surface area contributed by atoms with Crippen LogP contribution in [0.25, 0.3) is 43.8 Å². The van der Waals surface area contributed by atoms with Crippen molar-refractivity contribution in [2.45, 2.75) is 57.4 Å². The fourth-order valence-electron chi connectivity index (χ4n) is 13.0. The molecule has 66 heavy (non-hydrogen) atoms. The number of hydrogen-bond donors (Lipinski definition) is 0. The number of rotatable bonds is 5. The van der Waals surface area contributed by atoms with Gasteiger partial charge in [-0.1, -0.05) is 147 Å². The molecule has 1 aromatic heterocycles. The average Bonchev–Trinajstić information content (AvgIpc) is 3.84. The maximum absolute atomic E-state index is 6.83. The summed E-state index contributed by atoms with van der Waals surface area (Å²) in [6.07, 6.45) is 4.93. The number of nitrogens with zero attached hydrogens (tertiary/aromatic N) is 3. The first-order chi connectivity index (χ1) is 32.4. The number of para-hydroxylation sites is 4. The SMILES string of the molecule is Cc1cc2c3c(c1)N1c4c(cccc4C4(C)CCCCC14C)B3c1ccc(N(c3ccc(-c4cccc5ccccc45)cc3)c3cccc4c3oc3ccccc34)cc1N2c1ccccc1. The zero-order valence-corrected chi connectivity index (χ0v) is 37.6. The van der Waals surface area contributed by atoms with Crippen molar-refractivity contribution in [1.29, 1.82) is 0 Å². The third kappa shape index (κ3) is 5.06. The number of aryl methyl sites for hydroxylation is 1. The molecule has 4 aliphatic rings. The van der Waals surface area contributed by atoms with E-state index in [0.717, 1.165) is 44.7 Å². The minimum atomic E-state index is -0.0146. The lowest BCUT2D eigenvalue weighted by Gasteiger charge is -2.52. The molecule has 1 aliphatic carbocycles. The number of fused-ring (bicyclic) bond motifs is 11. The van der Waals surface area contributed by atoms with Gasteiger partial charge in [0.2, 0.25) is 0 Å². The minimum Gasteiger partial charge on any atom is -0.454 e. The lowest BCUT2D eigenvalue weighted by Crippen LogP contribution is -2.64. The standard InChI is InChI=1S/C61H48BN3O/c1-39-36-54-57-55(37-39)65-58-49(60(2)34-11-12-35-61(60,65)3)24-15-25-51(58)62(57)50-33-32-44(38-53(50)64(54)42-18-5-4-6-19-42)63(52-26-14-23-48-47-21-9-10-27-56(47)66-59(48)52)43-30-28-41(29-31-43)46-22-13-17-40-16-7-8-20-45(40)46/h4-10,13-33,36-38H,11-12,34-35H2,1-3H3. The first-order valence-electron chi connectivity index (χ1n) is 23.8. The van der Waals surface area contributed by atoms with Crippen molar-refractivity contribution in [3.05, 3.63) is 199 Å². The summed E-state index contributed by atoms with van der Waals surface area (Å²) in [6, 6.07) is 69.8. The molecular formula is C61H48BN3O. The Balaban J connectivity index is 1.01. The van der Waals surface area contributed by atoms with E-state index in [4.69, 9.17) is 4.42 Å². The molecule has 2 atom stereocenters. The summed E-state index contributed by atoms with van der Waals surface area (Å²) in [5.74, 6) is 0. The Hall–Kier alpha value is -7.50. The van der Waals surface area contributed by atoms with Crippen LogP contribution in [0.4, 0.5) is 45.5 Å². The Morgan fingerprint density at radius 1 is 0.576 bits per heavy atom. The normalized spacial score (nSPS) is 18.9. The lowest BCUT2D eigenvalue weighted by atomic mass is 9.33. The van der Waals surface area contributed by atoms with Gasteiger partial charge in [0.15, 0.2) is 5.58 Å².